The van der Waals surface area contributed by atoms with Crippen LogP contribution in [0, 0.1) is 0 Å². The van der Waals surface area contributed by atoms with E-state index in [2.05, 4.69) is 6.92 Å². The van der Waals surface area contributed by atoms with Crippen LogP contribution in [-0.2, 0) is 9.47 Å². The van der Waals surface area contributed by atoms with E-state index in [4.69, 9.17) is 14.6 Å². The Labute approximate surface area is 99.1 Å². The maximum absolute atomic E-state index is 8.69. The van der Waals surface area contributed by atoms with Crippen molar-refractivity contribution in [3.05, 3.63) is 0 Å². The third-order valence-electron chi connectivity index (χ3n) is 3.04. The average Bonchev–Trinajstić information content (AvgIpc) is 2.73. The lowest BCUT2D eigenvalue weighted by atomic mass is 10.1. The molecule has 0 aromatic carbocycles. The molecule has 0 amide bonds. The van der Waals surface area contributed by atoms with Crippen LogP contribution in [0.1, 0.15) is 58.3 Å². The van der Waals surface area contributed by atoms with Gasteiger partial charge in [-0.3, -0.25) is 0 Å². The van der Waals surface area contributed by atoms with Crippen LogP contribution < -0.4 is 0 Å². The van der Waals surface area contributed by atoms with E-state index in [1.54, 1.807) is 0 Å². The zero-order valence-corrected chi connectivity index (χ0v) is 10.5. The smallest absolute Gasteiger partial charge is 0.158 e. The van der Waals surface area contributed by atoms with Gasteiger partial charge in [0.2, 0.25) is 0 Å². The Bertz CT molecular complexity index is 161. The normalized spacial score (nSPS) is 25.1. The lowest BCUT2D eigenvalue weighted by molar-refractivity contribution is -0.0644. The third kappa shape index (κ3) is 5.83. The fourth-order valence-corrected chi connectivity index (χ4v) is 2.03. The highest BCUT2D eigenvalue weighted by molar-refractivity contribution is 4.65. The molecule has 1 aliphatic heterocycles. The van der Waals surface area contributed by atoms with Crippen LogP contribution >= 0.6 is 0 Å². The van der Waals surface area contributed by atoms with E-state index in [-0.39, 0.29) is 19.0 Å². The predicted octanol–water partition coefficient (Wildman–Crippen LogP) is 2.86. The van der Waals surface area contributed by atoms with Gasteiger partial charge in [-0.25, -0.2) is 0 Å². The second kappa shape index (κ2) is 8.97. The molecule has 1 heterocycles. The lowest BCUT2D eigenvalue weighted by Gasteiger charge is -2.10. The zero-order chi connectivity index (χ0) is 11.6. The standard InChI is InChI=1S/C13H26O3/c1-2-3-4-5-9-13-15-11-12(16-13)8-6-7-10-14/h12-14H,2-11H2,1H3/t12-,13+/m0/s1. The molecule has 3 nitrogen and oxygen atoms in total. The summed E-state index contributed by atoms with van der Waals surface area (Å²) < 4.78 is 11.4. The molecule has 1 saturated heterocycles. The Morgan fingerprint density at radius 3 is 2.62 bits per heavy atom. The van der Waals surface area contributed by atoms with Gasteiger partial charge in [0.1, 0.15) is 0 Å². The quantitative estimate of drug-likeness (QED) is 0.619. The van der Waals surface area contributed by atoms with Gasteiger partial charge in [-0.1, -0.05) is 26.2 Å². The van der Waals surface area contributed by atoms with Gasteiger partial charge in [0, 0.05) is 6.61 Å². The molecule has 0 saturated carbocycles. The highest BCUT2D eigenvalue weighted by atomic mass is 16.7. The first-order valence-electron chi connectivity index (χ1n) is 6.74. The topological polar surface area (TPSA) is 38.7 Å². The van der Waals surface area contributed by atoms with E-state index < -0.39 is 0 Å². The molecule has 1 N–H and O–H groups in total. The highest BCUT2D eigenvalue weighted by Crippen LogP contribution is 2.20. The summed E-state index contributed by atoms with van der Waals surface area (Å²) in [6.07, 6.45) is 9.36. The van der Waals surface area contributed by atoms with Crippen LogP contribution in [0.2, 0.25) is 0 Å². The predicted molar refractivity (Wildman–Crippen MR) is 64.3 cm³/mol. The van der Waals surface area contributed by atoms with E-state index in [0.29, 0.717) is 0 Å². The molecule has 0 bridgehead atoms. The number of unbranched alkanes of at least 4 members (excludes halogenated alkanes) is 4. The lowest BCUT2D eigenvalue weighted by Crippen LogP contribution is -2.12. The van der Waals surface area contributed by atoms with Crippen LogP contribution in [0.5, 0.6) is 0 Å². The van der Waals surface area contributed by atoms with E-state index in [9.17, 15) is 0 Å². The summed E-state index contributed by atoms with van der Waals surface area (Å²) in [6, 6.07) is 0. The first kappa shape index (κ1) is 13.9. The monoisotopic (exact) mass is 230 g/mol. The van der Waals surface area contributed by atoms with Gasteiger partial charge in [-0.05, 0) is 32.1 Å². The van der Waals surface area contributed by atoms with Crippen LogP contribution in [0.3, 0.4) is 0 Å². The number of hydrogen-bond acceptors (Lipinski definition) is 3. The molecule has 16 heavy (non-hydrogen) atoms. The van der Waals surface area contributed by atoms with Crippen LogP contribution in [-0.4, -0.2) is 30.7 Å². The number of ether oxygens (including phenoxy) is 2. The zero-order valence-electron chi connectivity index (χ0n) is 10.5. The number of hydrogen-bond donors (Lipinski definition) is 1. The summed E-state index contributed by atoms with van der Waals surface area (Å²) in [6.45, 7) is 3.25. The Morgan fingerprint density at radius 1 is 1.06 bits per heavy atom. The van der Waals surface area contributed by atoms with Gasteiger partial charge in [-0.15, -0.1) is 0 Å². The average molecular weight is 230 g/mol. The van der Waals surface area contributed by atoms with Crippen molar-refractivity contribution in [1.29, 1.82) is 0 Å². The van der Waals surface area contributed by atoms with Crippen LogP contribution in [0.4, 0.5) is 0 Å². The highest BCUT2D eigenvalue weighted by Gasteiger charge is 2.24. The van der Waals surface area contributed by atoms with Crippen molar-refractivity contribution in [2.75, 3.05) is 13.2 Å². The minimum Gasteiger partial charge on any atom is -0.396 e. The number of aliphatic hydroxyl groups is 1. The molecule has 2 atom stereocenters. The summed E-state index contributed by atoms with van der Waals surface area (Å²) in [5.74, 6) is 0. The summed E-state index contributed by atoms with van der Waals surface area (Å²) >= 11 is 0. The summed E-state index contributed by atoms with van der Waals surface area (Å²) in [5, 5.41) is 8.69. The van der Waals surface area contributed by atoms with Crippen molar-refractivity contribution >= 4 is 0 Å². The molecule has 0 aromatic rings. The molecular formula is C13H26O3. The Balaban J connectivity index is 1.97. The Morgan fingerprint density at radius 2 is 1.88 bits per heavy atom. The van der Waals surface area contributed by atoms with E-state index >= 15 is 0 Å². The van der Waals surface area contributed by atoms with Crippen LogP contribution in [0.15, 0.2) is 0 Å². The summed E-state index contributed by atoms with van der Waals surface area (Å²) in [4.78, 5) is 0. The Hall–Kier alpha value is -0.120. The molecule has 96 valence electrons. The molecule has 3 heteroatoms. The number of aliphatic hydroxyl groups excluding tert-OH is 1. The summed E-state index contributed by atoms with van der Waals surface area (Å²) in [5.41, 5.74) is 0. The maximum atomic E-state index is 8.69. The van der Waals surface area contributed by atoms with Gasteiger partial charge in [-0.2, -0.15) is 0 Å². The molecule has 0 aromatic heterocycles. The van der Waals surface area contributed by atoms with Gasteiger partial charge in [0.25, 0.3) is 0 Å². The number of rotatable bonds is 9. The van der Waals surface area contributed by atoms with Crippen molar-refractivity contribution < 1.29 is 14.6 Å². The van der Waals surface area contributed by atoms with E-state index in [1.807, 2.05) is 0 Å². The minimum atomic E-state index is 0.0379. The van der Waals surface area contributed by atoms with Crippen molar-refractivity contribution in [2.24, 2.45) is 0 Å². The molecule has 0 unspecified atom stereocenters. The Kier molecular flexibility index (Phi) is 7.81. The first-order valence-corrected chi connectivity index (χ1v) is 6.74. The third-order valence-corrected chi connectivity index (χ3v) is 3.04. The fraction of sp³-hybridized carbons (Fsp3) is 1.00. The molecule has 1 rings (SSSR count). The first-order chi connectivity index (χ1) is 7.86. The van der Waals surface area contributed by atoms with Crippen molar-refractivity contribution in [2.45, 2.75) is 70.7 Å². The van der Waals surface area contributed by atoms with Gasteiger partial charge >= 0.3 is 0 Å². The molecular weight excluding hydrogens is 204 g/mol. The summed E-state index contributed by atoms with van der Waals surface area (Å²) in [7, 11) is 0. The van der Waals surface area contributed by atoms with Crippen LogP contribution in [0.25, 0.3) is 0 Å². The van der Waals surface area contributed by atoms with Crippen molar-refractivity contribution in [3.63, 3.8) is 0 Å². The van der Waals surface area contributed by atoms with E-state index in [0.717, 1.165) is 32.3 Å². The van der Waals surface area contributed by atoms with Gasteiger partial charge in [0.15, 0.2) is 6.29 Å². The molecule has 1 aliphatic rings. The van der Waals surface area contributed by atoms with Crippen molar-refractivity contribution in [3.8, 4) is 0 Å². The van der Waals surface area contributed by atoms with E-state index in [1.165, 1.54) is 25.7 Å². The second-order valence-corrected chi connectivity index (χ2v) is 4.59. The molecule has 1 fully saturated rings. The molecule has 0 radical (unpaired) electrons. The maximum Gasteiger partial charge on any atom is 0.158 e. The van der Waals surface area contributed by atoms with Gasteiger partial charge in [0.05, 0.1) is 12.7 Å². The minimum absolute atomic E-state index is 0.0379. The SMILES string of the molecule is CCCCCC[C@@H]1OC[C@H](CCCCO)O1. The molecule has 0 aliphatic carbocycles. The largest absolute Gasteiger partial charge is 0.396 e. The van der Waals surface area contributed by atoms with Gasteiger partial charge < -0.3 is 14.6 Å². The molecule has 0 spiro atoms. The fourth-order valence-electron chi connectivity index (χ4n) is 2.03. The van der Waals surface area contributed by atoms with Crippen molar-refractivity contribution in [1.82, 2.24) is 0 Å². The second-order valence-electron chi connectivity index (χ2n) is 4.59.